The summed E-state index contributed by atoms with van der Waals surface area (Å²) in [6.07, 6.45) is 2.56. The Labute approximate surface area is 153 Å². The summed E-state index contributed by atoms with van der Waals surface area (Å²) in [7, 11) is 0. The molecular weight excluding hydrogens is 351 g/mol. The molecule has 2 atom stereocenters. The van der Waals surface area contributed by atoms with Gasteiger partial charge in [-0.1, -0.05) is 24.3 Å². The summed E-state index contributed by atoms with van der Waals surface area (Å²) in [5, 5.41) is 9.52. The molecule has 0 radical (unpaired) electrons. The number of thiophene rings is 1. The maximum atomic E-state index is 14.5. The Morgan fingerprint density at radius 2 is 2.08 bits per heavy atom. The van der Waals surface area contributed by atoms with Crippen LogP contribution in [0.3, 0.4) is 0 Å². The first kappa shape index (κ1) is 15.5. The fraction of sp³-hybridized carbons (Fsp3) is 0.211. The van der Waals surface area contributed by atoms with Crippen molar-refractivity contribution in [2.24, 2.45) is 0 Å². The molecule has 3 aromatic rings. The number of nitrogens with zero attached hydrogens (tertiary/aromatic N) is 3. The molecule has 2 aliphatic rings. The molecule has 3 heterocycles. The number of anilines is 1. The number of benzene rings is 1. The highest BCUT2D eigenvalue weighted by molar-refractivity contribution is 7.10. The second-order valence-electron chi connectivity index (χ2n) is 6.51. The van der Waals surface area contributed by atoms with Crippen LogP contribution in [-0.2, 0) is 4.79 Å². The number of hydrogen-bond donors (Lipinski definition) is 1. The number of allylic oxidation sites excluding steroid dienone is 2. The molecule has 0 amide bonds. The zero-order valence-corrected chi connectivity index (χ0v) is 14.5. The number of Topliss-reactive ketones (excluding diaryl/α,β-unsaturated/α-hetero) is 1. The maximum absolute atomic E-state index is 14.5. The number of ketones is 1. The summed E-state index contributed by atoms with van der Waals surface area (Å²) in [4.78, 5) is 18.5. The number of fused-ring (bicyclic) bond motifs is 1. The lowest BCUT2D eigenvalue weighted by molar-refractivity contribution is -0.116. The molecule has 2 aromatic heterocycles. The molecule has 2 unspecified atom stereocenters. The molecule has 5 nitrogen and oxygen atoms in total. The number of nitrogens with one attached hydrogen (secondary N) is 1. The van der Waals surface area contributed by atoms with Crippen molar-refractivity contribution in [1.82, 2.24) is 14.8 Å². The summed E-state index contributed by atoms with van der Waals surface area (Å²) in [5.41, 5.74) is 1.87. The largest absolute Gasteiger partial charge is 0.328 e. The van der Waals surface area contributed by atoms with Crippen LogP contribution in [0.5, 0.6) is 0 Å². The molecule has 1 aliphatic heterocycles. The third-order valence-corrected chi connectivity index (χ3v) is 6.04. The lowest BCUT2D eigenvalue weighted by Gasteiger charge is -2.34. The smallest absolute Gasteiger partial charge is 0.226 e. The van der Waals surface area contributed by atoms with Gasteiger partial charge in [0.15, 0.2) is 5.78 Å². The topological polar surface area (TPSA) is 59.8 Å². The fourth-order valence-corrected chi connectivity index (χ4v) is 4.69. The van der Waals surface area contributed by atoms with Gasteiger partial charge in [0.2, 0.25) is 5.95 Å². The van der Waals surface area contributed by atoms with E-state index in [2.05, 4.69) is 21.5 Å². The predicted molar refractivity (Wildman–Crippen MR) is 96.5 cm³/mol. The minimum absolute atomic E-state index is 0.0338. The molecule has 0 bridgehead atoms. The SMILES string of the molecule is O=C1CC(c2cccs2)CC2=C1C(c1ccccc1F)n1ncnc1N2. The van der Waals surface area contributed by atoms with Crippen molar-refractivity contribution >= 4 is 23.1 Å². The average Bonchev–Trinajstić information content (AvgIpc) is 3.32. The highest BCUT2D eigenvalue weighted by atomic mass is 32.1. The molecule has 1 aromatic carbocycles. The molecule has 130 valence electrons. The van der Waals surface area contributed by atoms with Crippen LogP contribution in [-0.4, -0.2) is 20.5 Å². The minimum Gasteiger partial charge on any atom is -0.328 e. The van der Waals surface area contributed by atoms with Crippen molar-refractivity contribution in [1.29, 1.82) is 0 Å². The van der Waals surface area contributed by atoms with E-state index in [9.17, 15) is 9.18 Å². The molecule has 0 fully saturated rings. The van der Waals surface area contributed by atoms with E-state index in [4.69, 9.17) is 0 Å². The number of aromatic nitrogens is 3. The quantitative estimate of drug-likeness (QED) is 0.747. The first-order chi connectivity index (χ1) is 12.7. The molecule has 0 saturated heterocycles. The van der Waals surface area contributed by atoms with Gasteiger partial charge in [-0.05, 0) is 23.9 Å². The monoisotopic (exact) mass is 366 g/mol. The van der Waals surface area contributed by atoms with Crippen LogP contribution >= 0.6 is 11.3 Å². The van der Waals surface area contributed by atoms with Crippen molar-refractivity contribution in [3.8, 4) is 0 Å². The Balaban J connectivity index is 1.65. The molecular formula is C19H15FN4OS. The minimum atomic E-state index is -0.582. The Bertz CT molecular complexity index is 1020. The molecule has 1 N–H and O–H groups in total. The van der Waals surface area contributed by atoms with Crippen LogP contribution in [0.2, 0.25) is 0 Å². The van der Waals surface area contributed by atoms with E-state index in [0.29, 0.717) is 29.9 Å². The maximum Gasteiger partial charge on any atom is 0.226 e. The van der Waals surface area contributed by atoms with Crippen LogP contribution in [0.25, 0.3) is 0 Å². The van der Waals surface area contributed by atoms with Gasteiger partial charge in [-0.15, -0.1) is 11.3 Å². The summed E-state index contributed by atoms with van der Waals surface area (Å²) < 4.78 is 16.1. The molecule has 0 spiro atoms. The summed E-state index contributed by atoms with van der Waals surface area (Å²) in [5.74, 6) is 0.369. The van der Waals surface area contributed by atoms with Crippen LogP contribution in [0.4, 0.5) is 10.3 Å². The number of rotatable bonds is 2. The highest BCUT2D eigenvalue weighted by Crippen LogP contribution is 2.44. The summed E-state index contributed by atoms with van der Waals surface area (Å²) in [6, 6.07) is 10.0. The Morgan fingerprint density at radius 1 is 1.19 bits per heavy atom. The second kappa shape index (κ2) is 5.88. The summed E-state index contributed by atoms with van der Waals surface area (Å²) >= 11 is 1.66. The van der Waals surface area contributed by atoms with Gasteiger partial charge >= 0.3 is 0 Å². The van der Waals surface area contributed by atoms with E-state index < -0.39 is 6.04 Å². The van der Waals surface area contributed by atoms with Gasteiger partial charge in [-0.25, -0.2) is 9.07 Å². The number of hydrogen-bond acceptors (Lipinski definition) is 5. The van der Waals surface area contributed by atoms with Gasteiger partial charge in [-0.3, -0.25) is 4.79 Å². The molecule has 0 saturated carbocycles. The van der Waals surface area contributed by atoms with E-state index in [1.165, 1.54) is 17.3 Å². The molecule has 5 rings (SSSR count). The normalized spacial score (nSPS) is 22.0. The van der Waals surface area contributed by atoms with E-state index in [-0.39, 0.29) is 17.5 Å². The first-order valence-corrected chi connectivity index (χ1v) is 9.31. The molecule has 7 heteroatoms. The van der Waals surface area contributed by atoms with E-state index in [1.807, 2.05) is 11.4 Å². The standard InChI is InChI=1S/C19H15FN4OS/c20-13-5-2-1-4-12(13)18-17-14(23-19-21-10-22-24(18)19)8-11(9-15(17)25)16-6-3-7-26-16/h1-7,10-11,18H,8-9H2,(H,21,22,23). The Hall–Kier alpha value is -2.80. The predicted octanol–water partition coefficient (Wildman–Crippen LogP) is 3.89. The second-order valence-corrected chi connectivity index (χ2v) is 7.49. The van der Waals surface area contributed by atoms with E-state index in [1.54, 1.807) is 34.2 Å². The van der Waals surface area contributed by atoms with Gasteiger partial charge < -0.3 is 5.32 Å². The Morgan fingerprint density at radius 3 is 2.88 bits per heavy atom. The summed E-state index contributed by atoms with van der Waals surface area (Å²) in [6.45, 7) is 0. The highest BCUT2D eigenvalue weighted by Gasteiger charge is 2.40. The fourth-order valence-electron chi connectivity index (χ4n) is 3.86. The lowest BCUT2D eigenvalue weighted by atomic mass is 9.80. The van der Waals surface area contributed by atoms with Gasteiger partial charge in [0.1, 0.15) is 18.2 Å². The van der Waals surface area contributed by atoms with Crippen molar-refractivity contribution < 1.29 is 9.18 Å². The third kappa shape index (κ3) is 2.31. The van der Waals surface area contributed by atoms with Gasteiger partial charge in [0.05, 0.1) is 0 Å². The van der Waals surface area contributed by atoms with Crippen LogP contribution in [0.1, 0.15) is 35.2 Å². The van der Waals surface area contributed by atoms with Crippen LogP contribution < -0.4 is 5.32 Å². The zero-order valence-electron chi connectivity index (χ0n) is 13.7. The van der Waals surface area contributed by atoms with Crippen LogP contribution in [0, 0.1) is 5.82 Å². The lowest BCUT2D eigenvalue weighted by Crippen LogP contribution is -2.33. The van der Waals surface area contributed by atoms with Gasteiger partial charge in [-0.2, -0.15) is 10.1 Å². The zero-order chi connectivity index (χ0) is 17.7. The number of carbonyl (C=O) groups excluding carboxylic acids is 1. The van der Waals surface area contributed by atoms with Gasteiger partial charge in [0, 0.05) is 34.0 Å². The van der Waals surface area contributed by atoms with Gasteiger partial charge in [0.25, 0.3) is 0 Å². The van der Waals surface area contributed by atoms with Crippen molar-refractivity contribution in [3.05, 3.63) is 75.6 Å². The van der Waals surface area contributed by atoms with Crippen molar-refractivity contribution in [3.63, 3.8) is 0 Å². The van der Waals surface area contributed by atoms with Crippen LogP contribution in [0.15, 0.2) is 59.4 Å². The molecule has 1 aliphatic carbocycles. The Kier molecular flexibility index (Phi) is 3.49. The number of halogens is 1. The number of carbonyl (C=O) groups is 1. The average molecular weight is 366 g/mol. The third-order valence-electron chi connectivity index (χ3n) is 5.01. The molecule has 26 heavy (non-hydrogen) atoms. The van der Waals surface area contributed by atoms with E-state index >= 15 is 0 Å². The van der Waals surface area contributed by atoms with E-state index in [0.717, 1.165) is 5.70 Å². The first-order valence-electron chi connectivity index (χ1n) is 8.43. The van der Waals surface area contributed by atoms with Crippen molar-refractivity contribution in [2.75, 3.05) is 5.32 Å². The van der Waals surface area contributed by atoms with Crippen molar-refractivity contribution in [2.45, 2.75) is 24.8 Å².